The zero-order chi connectivity index (χ0) is 22.4. The second-order valence-electron chi connectivity index (χ2n) is 6.93. The van der Waals surface area contributed by atoms with E-state index in [2.05, 4.69) is 10.0 Å². The minimum atomic E-state index is -3.97. The molecule has 162 valence electrons. The molecule has 1 amide bonds. The molecule has 6 nitrogen and oxygen atoms in total. The number of halogens is 1. The van der Waals surface area contributed by atoms with Crippen LogP contribution < -0.4 is 14.8 Å². The molecule has 0 heterocycles. The Kier molecular flexibility index (Phi) is 6.91. The lowest BCUT2D eigenvalue weighted by molar-refractivity contribution is -0.122. The van der Waals surface area contributed by atoms with Crippen molar-refractivity contribution in [1.82, 2.24) is 0 Å². The first-order valence-electron chi connectivity index (χ1n) is 9.70. The molecule has 31 heavy (non-hydrogen) atoms. The van der Waals surface area contributed by atoms with Gasteiger partial charge in [-0.3, -0.25) is 9.52 Å². The van der Waals surface area contributed by atoms with E-state index in [1.54, 1.807) is 6.07 Å². The summed E-state index contributed by atoms with van der Waals surface area (Å²) in [6, 6.07) is 18.5. The van der Waals surface area contributed by atoms with Gasteiger partial charge in [0.05, 0.1) is 10.6 Å². The van der Waals surface area contributed by atoms with Crippen LogP contribution in [-0.2, 0) is 14.8 Å². The molecule has 0 unspecified atom stereocenters. The van der Waals surface area contributed by atoms with Crippen LogP contribution in [0.25, 0.3) is 0 Å². The summed E-state index contributed by atoms with van der Waals surface area (Å²) in [5.41, 5.74) is 1.30. The molecular formula is C23H23FN2O4S. The summed E-state index contributed by atoms with van der Waals surface area (Å²) in [4.78, 5) is 12.5. The van der Waals surface area contributed by atoms with E-state index in [0.29, 0.717) is 17.9 Å². The summed E-state index contributed by atoms with van der Waals surface area (Å²) in [6.45, 7) is 3.77. The van der Waals surface area contributed by atoms with Gasteiger partial charge < -0.3 is 10.1 Å². The number of ether oxygens (including phenoxy) is 1. The van der Waals surface area contributed by atoms with Gasteiger partial charge in [-0.15, -0.1) is 0 Å². The number of hydrogen-bond acceptors (Lipinski definition) is 4. The number of carbonyl (C=O) groups is 1. The van der Waals surface area contributed by atoms with E-state index in [9.17, 15) is 17.6 Å². The number of amides is 1. The van der Waals surface area contributed by atoms with Gasteiger partial charge in [0.2, 0.25) is 0 Å². The van der Waals surface area contributed by atoms with E-state index < -0.39 is 21.9 Å². The van der Waals surface area contributed by atoms with Gasteiger partial charge in [0.25, 0.3) is 15.9 Å². The number of hydrogen-bond donors (Lipinski definition) is 2. The third-order valence-electron chi connectivity index (χ3n) is 4.48. The molecule has 8 heteroatoms. The highest BCUT2D eigenvalue weighted by Gasteiger charge is 2.20. The Morgan fingerprint density at radius 1 is 1.03 bits per heavy atom. The van der Waals surface area contributed by atoms with Crippen molar-refractivity contribution >= 4 is 27.3 Å². The SMILES string of the molecule is CC[C@H](Oc1cccc(C)c1)C(=O)Nc1ccc(S(=O)(=O)Nc2ccccc2F)cc1. The fourth-order valence-corrected chi connectivity index (χ4v) is 3.93. The molecule has 0 aliphatic carbocycles. The summed E-state index contributed by atoms with van der Waals surface area (Å²) in [7, 11) is -3.97. The first-order chi connectivity index (χ1) is 14.8. The first-order valence-corrected chi connectivity index (χ1v) is 11.2. The number of rotatable bonds is 8. The zero-order valence-electron chi connectivity index (χ0n) is 17.1. The van der Waals surface area contributed by atoms with E-state index in [1.807, 2.05) is 32.0 Å². The Morgan fingerprint density at radius 3 is 2.39 bits per heavy atom. The molecule has 0 saturated carbocycles. The molecule has 3 rings (SSSR count). The maximum atomic E-state index is 13.7. The quantitative estimate of drug-likeness (QED) is 0.528. The van der Waals surface area contributed by atoms with Crippen molar-refractivity contribution in [2.45, 2.75) is 31.3 Å². The van der Waals surface area contributed by atoms with Crippen molar-refractivity contribution in [3.8, 4) is 5.75 Å². The van der Waals surface area contributed by atoms with Crippen LogP contribution >= 0.6 is 0 Å². The summed E-state index contributed by atoms with van der Waals surface area (Å²) in [5.74, 6) is -0.416. The minimum Gasteiger partial charge on any atom is -0.481 e. The second kappa shape index (κ2) is 9.61. The first kappa shape index (κ1) is 22.3. The third kappa shape index (κ3) is 5.82. The van der Waals surface area contributed by atoms with Crippen LogP contribution in [0.2, 0.25) is 0 Å². The van der Waals surface area contributed by atoms with Crippen LogP contribution in [0, 0.1) is 12.7 Å². The van der Waals surface area contributed by atoms with Crippen molar-refractivity contribution in [3.63, 3.8) is 0 Å². The lowest BCUT2D eigenvalue weighted by atomic mass is 10.2. The summed E-state index contributed by atoms with van der Waals surface area (Å²) in [5, 5.41) is 2.73. The van der Waals surface area contributed by atoms with Crippen LogP contribution in [0.3, 0.4) is 0 Å². The molecule has 3 aromatic carbocycles. The van der Waals surface area contributed by atoms with E-state index in [0.717, 1.165) is 5.56 Å². The molecule has 0 saturated heterocycles. The van der Waals surface area contributed by atoms with Crippen LogP contribution in [0.15, 0.2) is 77.7 Å². The van der Waals surface area contributed by atoms with Gasteiger partial charge in [0.15, 0.2) is 6.10 Å². The van der Waals surface area contributed by atoms with E-state index >= 15 is 0 Å². The predicted octanol–water partition coefficient (Wildman–Crippen LogP) is 4.73. The summed E-state index contributed by atoms with van der Waals surface area (Å²) in [6.07, 6.45) is -0.244. The maximum Gasteiger partial charge on any atom is 0.265 e. The Bertz CT molecular complexity index is 1160. The van der Waals surface area contributed by atoms with Crippen LogP contribution in [0.4, 0.5) is 15.8 Å². The van der Waals surface area contributed by atoms with Crippen molar-refractivity contribution < 1.29 is 22.3 Å². The van der Waals surface area contributed by atoms with Crippen LogP contribution in [0.1, 0.15) is 18.9 Å². The van der Waals surface area contributed by atoms with E-state index in [1.165, 1.54) is 48.5 Å². The van der Waals surface area contributed by atoms with Crippen molar-refractivity contribution in [3.05, 3.63) is 84.2 Å². The van der Waals surface area contributed by atoms with Crippen molar-refractivity contribution in [2.75, 3.05) is 10.0 Å². The van der Waals surface area contributed by atoms with E-state index in [4.69, 9.17) is 4.74 Å². The monoisotopic (exact) mass is 442 g/mol. The Balaban J connectivity index is 1.67. The molecule has 0 bridgehead atoms. The fourth-order valence-electron chi connectivity index (χ4n) is 2.86. The fraction of sp³-hybridized carbons (Fsp3) is 0.174. The lowest BCUT2D eigenvalue weighted by Crippen LogP contribution is -2.32. The van der Waals surface area contributed by atoms with Crippen molar-refractivity contribution in [2.24, 2.45) is 0 Å². The highest BCUT2D eigenvalue weighted by molar-refractivity contribution is 7.92. The smallest absolute Gasteiger partial charge is 0.265 e. The maximum absolute atomic E-state index is 13.7. The van der Waals surface area contributed by atoms with Gasteiger partial charge in [-0.05, 0) is 67.4 Å². The Morgan fingerprint density at radius 2 is 1.74 bits per heavy atom. The average molecular weight is 443 g/mol. The van der Waals surface area contributed by atoms with Crippen molar-refractivity contribution in [1.29, 1.82) is 0 Å². The number of sulfonamides is 1. The van der Waals surface area contributed by atoms with Gasteiger partial charge >= 0.3 is 0 Å². The zero-order valence-corrected chi connectivity index (χ0v) is 17.9. The van der Waals surface area contributed by atoms with Gasteiger partial charge in [-0.25, -0.2) is 12.8 Å². The van der Waals surface area contributed by atoms with Crippen LogP contribution in [0.5, 0.6) is 5.75 Å². The van der Waals surface area contributed by atoms with Crippen LogP contribution in [-0.4, -0.2) is 20.4 Å². The predicted molar refractivity (Wildman–Crippen MR) is 118 cm³/mol. The molecule has 0 radical (unpaired) electrons. The minimum absolute atomic E-state index is 0.0585. The number of para-hydroxylation sites is 1. The van der Waals surface area contributed by atoms with Gasteiger partial charge in [0.1, 0.15) is 11.6 Å². The molecule has 0 aromatic heterocycles. The highest BCUT2D eigenvalue weighted by Crippen LogP contribution is 2.21. The molecule has 0 aliphatic rings. The van der Waals surface area contributed by atoms with Gasteiger partial charge in [-0.2, -0.15) is 0 Å². The van der Waals surface area contributed by atoms with E-state index in [-0.39, 0.29) is 16.5 Å². The molecule has 1 atom stereocenters. The Labute approximate surface area is 181 Å². The molecule has 3 aromatic rings. The lowest BCUT2D eigenvalue weighted by Gasteiger charge is -2.18. The number of anilines is 2. The number of carbonyl (C=O) groups excluding carboxylic acids is 1. The largest absolute Gasteiger partial charge is 0.481 e. The normalized spacial score (nSPS) is 12.1. The second-order valence-corrected chi connectivity index (χ2v) is 8.61. The highest BCUT2D eigenvalue weighted by atomic mass is 32.2. The summed E-state index contributed by atoms with van der Waals surface area (Å²) < 4.78 is 46.7. The number of aryl methyl sites for hydroxylation is 1. The standard InChI is InChI=1S/C23H23FN2O4S/c1-3-22(30-18-8-6-7-16(2)15-18)23(27)25-17-11-13-19(14-12-17)31(28,29)26-21-10-5-4-9-20(21)24/h4-15,22,26H,3H2,1-2H3,(H,25,27)/t22-/m0/s1. The van der Waals surface area contributed by atoms with Gasteiger partial charge in [0, 0.05) is 5.69 Å². The molecular weight excluding hydrogens is 419 g/mol. The summed E-state index contributed by atoms with van der Waals surface area (Å²) >= 11 is 0. The number of benzene rings is 3. The van der Waals surface area contributed by atoms with Gasteiger partial charge in [-0.1, -0.05) is 31.2 Å². The molecule has 2 N–H and O–H groups in total. The third-order valence-corrected chi connectivity index (χ3v) is 5.86. The average Bonchev–Trinajstić information content (AvgIpc) is 2.74. The molecule has 0 fully saturated rings. The Hall–Kier alpha value is -3.39. The number of nitrogens with one attached hydrogen (secondary N) is 2. The molecule has 0 aliphatic heterocycles. The topological polar surface area (TPSA) is 84.5 Å². The molecule has 0 spiro atoms.